The lowest BCUT2D eigenvalue weighted by molar-refractivity contribution is 0.614. The van der Waals surface area contributed by atoms with Gasteiger partial charge in [0.1, 0.15) is 0 Å². The van der Waals surface area contributed by atoms with Gasteiger partial charge in [0.15, 0.2) is 5.82 Å². The first-order valence-electron chi connectivity index (χ1n) is 6.79. The first kappa shape index (κ1) is 13.5. The lowest BCUT2D eigenvalue weighted by Gasteiger charge is -2.36. The van der Waals surface area contributed by atoms with Crippen molar-refractivity contribution < 1.29 is 4.39 Å². The second-order valence-corrected chi connectivity index (χ2v) is 7.24. The summed E-state index contributed by atoms with van der Waals surface area (Å²) in [5, 5.41) is 1.78. The fourth-order valence-corrected chi connectivity index (χ4v) is 4.21. The zero-order valence-electron chi connectivity index (χ0n) is 11.6. The SMILES string of the molecule is CC1CN(c2c(F)cc(N)c3cccnc23)CC(C)S1. The number of pyridine rings is 1. The van der Waals surface area contributed by atoms with Gasteiger partial charge in [0.2, 0.25) is 0 Å². The van der Waals surface area contributed by atoms with Gasteiger partial charge >= 0.3 is 0 Å². The molecule has 1 aliphatic rings. The highest BCUT2D eigenvalue weighted by Gasteiger charge is 2.26. The van der Waals surface area contributed by atoms with Crippen molar-refractivity contribution in [2.24, 2.45) is 0 Å². The number of rotatable bonds is 1. The van der Waals surface area contributed by atoms with Crippen LogP contribution in [0.15, 0.2) is 24.4 Å². The van der Waals surface area contributed by atoms with Crippen LogP contribution in [0.1, 0.15) is 13.8 Å². The minimum absolute atomic E-state index is 0.278. The minimum atomic E-state index is -0.278. The van der Waals surface area contributed by atoms with Crippen molar-refractivity contribution >= 4 is 34.0 Å². The Kier molecular flexibility index (Phi) is 3.46. The molecule has 1 saturated heterocycles. The van der Waals surface area contributed by atoms with E-state index in [4.69, 9.17) is 5.73 Å². The number of nitrogens with zero attached hydrogens (tertiary/aromatic N) is 2. The van der Waals surface area contributed by atoms with Crippen LogP contribution in [0, 0.1) is 5.82 Å². The molecule has 0 radical (unpaired) electrons. The molecule has 3 rings (SSSR count). The molecular formula is C15H18FN3S. The molecule has 2 heterocycles. The number of hydrogen-bond donors (Lipinski definition) is 1. The predicted octanol–water partition coefficient (Wildman–Crippen LogP) is 3.29. The fraction of sp³-hybridized carbons (Fsp3) is 0.400. The van der Waals surface area contributed by atoms with Crippen LogP contribution in [0.4, 0.5) is 15.8 Å². The smallest absolute Gasteiger partial charge is 0.150 e. The van der Waals surface area contributed by atoms with Crippen LogP contribution in [0.2, 0.25) is 0 Å². The molecule has 3 nitrogen and oxygen atoms in total. The van der Waals surface area contributed by atoms with Crippen LogP contribution in [0.25, 0.3) is 10.9 Å². The molecule has 20 heavy (non-hydrogen) atoms. The molecule has 5 heteroatoms. The summed E-state index contributed by atoms with van der Waals surface area (Å²) in [6.45, 7) is 6.03. The van der Waals surface area contributed by atoms with E-state index in [-0.39, 0.29) is 5.82 Å². The van der Waals surface area contributed by atoms with E-state index in [2.05, 4.69) is 23.7 Å². The Labute approximate surface area is 122 Å². The van der Waals surface area contributed by atoms with Gasteiger partial charge in [-0.05, 0) is 18.2 Å². The lowest BCUT2D eigenvalue weighted by atomic mass is 10.1. The van der Waals surface area contributed by atoms with Crippen LogP contribution >= 0.6 is 11.8 Å². The molecule has 2 unspecified atom stereocenters. The number of hydrogen-bond acceptors (Lipinski definition) is 4. The van der Waals surface area contributed by atoms with E-state index in [1.165, 1.54) is 6.07 Å². The third kappa shape index (κ3) is 2.30. The Hall–Kier alpha value is -1.49. The monoisotopic (exact) mass is 291 g/mol. The van der Waals surface area contributed by atoms with Crippen molar-refractivity contribution in [1.82, 2.24) is 4.98 Å². The molecule has 1 aliphatic heterocycles. The standard InChI is InChI=1S/C15H18FN3S/c1-9-7-19(8-10(2)20-9)15-12(16)6-13(17)11-4-3-5-18-14(11)15/h3-6,9-10H,7-8,17H2,1-2H3. The Morgan fingerprint density at radius 1 is 1.35 bits per heavy atom. The number of nitrogens with two attached hydrogens (primary N) is 1. The summed E-state index contributed by atoms with van der Waals surface area (Å²) in [4.78, 5) is 6.47. The summed E-state index contributed by atoms with van der Waals surface area (Å²) < 4.78 is 14.5. The average molecular weight is 291 g/mol. The van der Waals surface area contributed by atoms with Crippen LogP contribution in [-0.2, 0) is 0 Å². The maximum absolute atomic E-state index is 14.5. The molecule has 0 bridgehead atoms. The predicted molar refractivity (Wildman–Crippen MR) is 84.8 cm³/mol. The zero-order chi connectivity index (χ0) is 14.3. The van der Waals surface area contributed by atoms with Crippen LogP contribution in [0.5, 0.6) is 0 Å². The van der Waals surface area contributed by atoms with Gasteiger partial charge in [0, 0.05) is 40.9 Å². The number of aromatic nitrogens is 1. The van der Waals surface area contributed by atoms with Crippen LogP contribution < -0.4 is 10.6 Å². The van der Waals surface area contributed by atoms with Gasteiger partial charge < -0.3 is 10.6 Å². The van der Waals surface area contributed by atoms with Gasteiger partial charge in [0.05, 0.1) is 11.2 Å². The summed E-state index contributed by atoms with van der Waals surface area (Å²) in [6.07, 6.45) is 1.69. The third-order valence-electron chi connectivity index (χ3n) is 3.59. The number of benzene rings is 1. The van der Waals surface area contributed by atoms with E-state index in [9.17, 15) is 4.39 Å². The van der Waals surface area contributed by atoms with Crippen molar-refractivity contribution in [1.29, 1.82) is 0 Å². The molecule has 2 N–H and O–H groups in total. The maximum atomic E-state index is 14.5. The van der Waals surface area contributed by atoms with Crippen molar-refractivity contribution in [3.63, 3.8) is 0 Å². The normalized spacial score (nSPS) is 23.2. The van der Waals surface area contributed by atoms with E-state index >= 15 is 0 Å². The molecule has 1 aromatic carbocycles. The average Bonchev–Trinajstić information content (AvgIpc) is 2.37. The maximum Gasteiger partial charge on any atom is 0.150 e. The quantitative estimate of drug-likeness (QED) is 0.819. The Morgan fingerprint density at radius 3 is 2.75 bits per heavy atom. The Balaban J connectivity index is 2.15. The third-order valence-corrected chi connectivity index (χ3v) is 4.81. The van der Waals surface area contributed by atoms with Crippen molar-refractivity contribution in [3.8, 4) is 0 Å². The number of fused-ring (bicyclic) bond motifs is 1. The van der Waals surface area contributed by atoms with Gasteiger partial charge in [-0.3, -0.25) is 4.98 Å². The molecule has 0 spiro atoms. The highest BCUT2D eigenvalue weighted by molar-refractivity contribution is 8.00. The minimum Gasteiger partial charge on any atom is -0.398 e. The number of nitrogen functional groups attached to an aromatic ring is 1. The van der Waals surface area contributed by atoms with Gasteiger partial charge in [-0.1, -0.05) is 13.8 Å². The van der Waals surface area contributed by atoms with Crippen molar-refractivity contribution in [2.75, 3.05) is 23.7 Å². The summed E-state index contributed by atoms with van der Waals surface area (Å²) in [5.74, 6) is -0.278. The van der Waals surface area contributed by atoms with Gasteiger partial charge in [-0.15, -0.1) is 0 Å². The highest BCUT2D eigenvalue weighted by atomic mass is 32.2. The molecule has 1 aromatic heterocycles. The van der Waals surface area contributed by atoms with Gasteiger partial charge in [0.25, 0.3) is 0 Å². The molecule has 2 aromatic rings. The number of halogens is 1. The highest BCUT2D eigenvalue weighted by Crippen LogP contribution is 2.36. The largest absolute Gasteiger partial charge is 0.398 e. The van der Waals surface area contributed by atoms with E-state index in [0.29, 0.717) is 27.4 Å². The lowest BCUT2D eigenvalue weighted by Crippen LogP contribution is -2.41. The summed E-state index contributed by atoms with van der Waals surface area (Å²) in [7, 11) is 0. The first-order chi connectivity index (χ1) is 9.56. The zero-order valence-corrected chi connectivity index (χ0v) is 12.5. The molecule has 0 saturated carbocycles. The van der Waals surface area contributed by atoms with E-state index in [1.54, 1.807) is 6.20 Å². The summed E-state index contributed by atoms with van der Waals surface area (Å²) in [6, 6.07) is 5.14. The van der Waals surface area contributed by atoms with Crippen molar-refractivity contribution in [2.45, 2.75) is 24.3 Å². The molecule has 0 aliphatic carbocycles. The molecule has 0 amide bonds. The van der Waals surface area contributed by atoms with Crippen molar-refractivity contribution in [3.05, 3.63) is 30.2 Å². The van der Waals surface area contributed by atoms with E-state index in [1.807, 2.05) is 23.9 Å². The molecule has 106 valence electrons. The van der Waals surface area contributed by atoms with Gasteiger partial charge in [-0.25, -0.2) is 4.39 Å². The molecular weight excluding hydrogens is 273 g/mol. The van der Waals surface area contributed by atoms with E-state index in [0.717, 1.165) is 18.5 Å². The number of anilines is 2. The van der Waals surface area contributed by atoms with E-state index < -0.39 is 0 Å². The second kappa shape index (κ2) is 5.13. The van der Waals surface area contributed by atoms with Crippen LogP contribution in [0.3, 0.4) is 0 Å². The van der Waals surface area contributed by atoms with Crippen LogP contribution in [-0.4, -0.2) is 28.6 Å². The second-order valence-electron chi connectivity index (χ2n) is 5.36. The summed E-state index contributed by atoms with van der Waals surface area (Å²) >= 11 is 1.94. The first-order valence-corrected chi connectivity index (χ1v) is 7.73. The molecule has 1 fully saturated rings. The fourth-order valence-electron chi connectivity index (χ4n) is 2.88. The number of thioether (sulfide) groups is 1. The molecule has 2 atom stereocenters. The Bertz CT molecular complexity index is 636. The topological polar surface area (TPSA) is 42.1 Å². The summed E-state index contributed by atoms with van der Waals surface area (Å²) in [5.41, 5.74) is 7.61. The Morgan fingerprint density at radius 2 is 2.05 bits per heavy atom. The van der Waals surface area contributed by atoms with Gasteiger partial charge in [-0.2, -0.15) is 11.8 Å².